The molecule has 4 rings (SSSR count). The second kappa shape index (κ2) is 8.05. The average Bonchev–Trinajstić information content (AvgIpc) is 2.74. The molecule has 2 aromatic carbocycles. The number of rotatable bonds is 4. The summed E-state index contributed by atoms with van der Waals surface area (Å²) in [6, 6.07) is 17.6. The lowest BCUT2D eigenvalue weighted by Crippen LogP contribution is -2.36. The van der Waals surface area contributed by atoms with E-state index in [1.165, 1.54) is 0 Å². The summed E-state index contributed by atoms with van der Waals surface area (Å²) in [4.78, 5) is 19.0. The van der Waals surface area contributed by atoms with Crippen molar-refractivity contribution in [2.75, 3.05) is 36.5 Å². The summed E-state index contributed by atoms with van der Waals surface area (Å²) in [5.41, 5.74) is 1.76. The minimum atomic E-state index is -0.233. The highest BCUT2D eigenvalue weighted by molar-refractivity contribution is 6.01. The Morgan fingerprint density at radius 1 is 1.04 bits per heavy atom. The van der Waals surface area contributed by atoms with Crippen LogP contribution in [0.25, 0.3) is 10.8 Å². The zero-order chi connectivity index (χ0) is 18.5. The highest BCUT2D eigenvalue weighted by Gasteiger charge is 2.12. The van der Waals surface area contributed by atoms with E-state index in [9.17, 15) is 4.79 Å². The van der Waals surface area contributed by atoms with Crippen LogP contribution in [0.4, 0.5) is 16.3 Å². The SMILES string of the molecule is O=C(NCc1ccc(N2CCOCC2)nc1)Nc1cccc2ccccc12. The summed E-state index contributed by atoms with van der Waals surface area (Å²) >= 11 is 0. The van der Waals surface area contributed by atoms with Gasteiger partial charge >= 0.3 is 6.03 Å². The molecule has 1 fully saturated rings. The van der Waals surface area contributed by atoms with Crippen molar-refractivity contribution in [2.24, 2.45) is 0 Å². The number of hydrogen-bond acceptors (Lipinski definition) is 4. The third kappa shape index (κ3) is 4.17. The summed E-state index contributed by atoms with van der Waals surface area (Å²) in [6.45, 7) is 3.61. The fourth-order valence-electron chi connectivity index (χ4n) is 3.18. The minimum absolute atomic E-state index is 0.233. The van der Waals surface area contributed by atoms with Gasteiger partial charge in [-0.15, -0.1) is 0 Å². The van der Waals surface area contributed by atoms with Gasteiger partial charge in [0.05, 0.1) is 18.9 Å². The molecule has 0 radical (unpaired) electrons. The third-order valence-corrected chi connectivity index (χ3v) is 4.64. The Morgan fingerprint density at radius 3 is 2.67 bits per heavy atom. The van der Waals surface area contributed by atoms with Crippen molar-refractivity contribution in [3.63, 3.8) is 0 Å². The Hall–Kier alpha value is -3.12. The zero-order valence-electron chi connectivity index (χ0n) is 15.0. The number of fused-ring (bicyclic) bond motifs is 1. The van der Waals surface area contributed by atoms with Crippen molar-refractivity contribution in [3.8, 4) is 0 Å². The molecule has 138 valence electrons. The third-order valence-electron chi connectivity index (χ3n) is 4.64. The molecule has 1 saturated heterocycles. The fourth-order valence-corrected chi connectivity index (χ4v) is 3.18. The number of carbonyl (C=O) groups excluding carboxylic acids is 1. The molecule has 2 amide bonds. The first kappa shape index (κ1) is 17.3. The molecule has 27 heavy (non-hydrogen) atoms. The van der Waals surface area contributed by atoms with Crippen LogP contribution in [-0.2, 0) is 11.3 Å². The monoisotopic (exact) mass is 362 g/mol. The van der Waals surface area contributed by atoms with Crippen molar-refractivity contribution in [2.45, 2.75) is 6.54 Å². The van der Waals surface area contributed by atoms with E-state index in [2.05, 4.69) is 20.5 Å². The Kier molecular flexibility index (Phi) is 5.16. The lowest BCUT2D eigenvalue weighted by molar-refractivity contribution is 0.122. The summed E-state index contributed by atoms with van der Waals surface area (Å²) in [6.07, 6.45) is 1.81. The molecular weight excluding hydrogens is 340 g/mol. The maximum absolute atomic E-state index is 12.3. The number of benzene rings is 2. The molecule has 1 aliphatic rings. The number of nitrogens with one attached hydrogen (secondary N) is 2. The Balaban J connectivity index is 1.35. The van der Waals surface area contributed by atoms with Gasteiger partial charge in [0.25, 0.3) is 0 Å². The van der Waals surface area contributed by atoms with Gasteiger partial charge in [0.1, 0.15) is 5.82 Å². The molecule has 1 aliphatic heterocycles. The van der Waals surface area contributed by atoms with Crippen LogP contribution in [0.15, 0.2) is 60.8 Å². The molecule has 6 nitrogen and oxygen atoms in total. The average molecular weight is 362 g/mol. The second-order valence-electron chi connectivity index (χ2n) is 6.46. The van der Waals surface area contributed by atoms with E-state index in [1.807, 2.05) is 60.8 Å². The van der Waals surface area contributed by atoms with Crippen LogP contribution in [0, 0.1) is 0 Å². The fraction of sp³-hybridized carbons (Fsp3) is 0.238. The molecular formula is C21H22N4O2. The number of pyridine rings is 1. The topological polar surface area (TPSA) is 66.5 Å². The number of anilines is 2. The highest BCUT2D eigenvalue weighted by atomic mass is 16.5. The van der Waals surface area contributed by atoms with Gasteiger partial charge in [-0.25, -0.2) is 9.78 Å². The quantitative estimate of drug-likeness (QED) is 0.747. The van der Waals surface area contributed by atoms with Gasteiger partial charge < -0.3 is 20.3 Å². The maximum atomic E-state index is 12.3. The molecule has 2 heterocycles. The lowest BCUT2D eigenvalue weighted by Gasteiger charge is -2.27. The maximum Gasteiger partial charge on any atom is 0.319 e. The molecule has 0 spiro atoms. The van der Waals surface area contributed by atoms with E-state index in [-0.39, 0.29) is 6.03 Å². The van der Waals surface area contributed by atoms with Crippen LogP contribution in [0.1, 0.15) is 5.56 Å². The van der Waals surface area contributed by atoms with Gasteiger partial charge in [-0.1, -0.05) is 42.5 Å². The highest BCUT2D eigenvalue weighted by Crippen LogP contribution is 2.22. The van der Waals surface area contributed by atoms with Gasteiger partial charge in [0.15, 0.2) is 0 Å². The Bertz CT molecular complexity index is 916. The molecule has 0 unspecified atom stereocenters. The van der Waals surface area contributed by atoms with E-state index in [4.69, 9.17) is 4.74 Å². The van der Waals surface area contributed by atoms with Crippen LogP contribution in [0.5, 0.6) is 0 Å². The summed E-state index contributed by atoms with van der Waals surface area (Å²) in [5.74, 6) is 0.947. The molecule has 0 saturated carbocycles. The van der Waals surface area contributed by atoms with E-state index in [0.717, 1.165) is 54.1 Å². The zero-order valence-corrected chi connectivity index (χ0v) is 15.0. The number of urea groups is 1. The summed E-state index contributed by atoms with van der Waals surface area (Å²) in [5, 5.41) is 7.93. The number of amides is 2. The van der Waals surface area contributed by atoms with E-state index in [1.54, 1.807) is 0 Å². The van der Waals surface area contributed by atoms with E-state index >= 15 is 0 Å². The van der Waals surface area contributed by atoms with Crippen LogP contribution < -0.4 is 15.5 Å². The first-order chi connectivity index (χ1) is 13.3. The largest absolute Gasteiger partial charge is 0.378 e. The van der Waals surface area contributed by atoms with Gasteiger partial charge in [-0.3, -0.25) is 0 Å². The minimum Gasteiger partial charge on any atom is -0.378 e. The number of nitrogens with zero attached hydrogens (tertiary/aromatic N) is 2. The molecule has 3 aromatic rings. The van der Waals surface area contributed by atoms with E-state index in [0.29, 0.717) is 6.54 Å². The smallest absolute Gasteiger partial charge is 0.319 e. The van der Waals surface area contributed by atoms with Crippen molar-refractivity contribution >= 4 is 28.3 Å². The standard InChI is InChI=1S/C21H22N4O2/c26-21(24-19-7-3-5-17-4-1-2-6-18(17)19)23-15-16-8-9-20(22-14-16)25-10-12-27-13-11-25/h1-9,14H,10-13,15H2,(H2,23,24,26). The van der Waals surface area contributed by atoms with Crippen molar-refractivity contribution in [1.82, 2.24) is 10.3 Å². The molecule has 1 aromatic heterocycles. The van der Waals surface area contributed by atoms with Gasteiger partial charge in [-0.05, 0) is 23.1 Å². The van der Waals surface area contributed by atoms with Gasteiger partial charge in [0.2, 0.25) is 0 Å². The number of carbonyl (C=O) groups is 1. The predicted octanol–water partition coefficient (Wildman–Crippen LogP) is 3.39. The molecule has 0 bridgehead atoms. The molecule has 0 atom stereocenters. The second-order valence-corrected chi connectivity index (χ2v) is 6.46. The first-order valence-electron chi connectivity index (χ1n) is 9.10. The predicted molar refractivity (Wildman–Crippen MR) is 107 cm³/mol. The Morgan fingerprint density at radius 2 is 1.85 bits per heavy atom. The molecule has 2 N–H and O–H groups in total. The van der Waals surface area contributed by atoms with Crippen LogP contribution in [0.2, 0.25) is 0 Å². The van der Waals surface area contributed by atoms with Crippen molar-refractivity contribution in [3.05, 3.63) is 66.4 Å². The Labute approximate surface area is 158 Å². The van der Waals surface area contributed by atoms with Crippen LogP contribution in [0.3, 0.4) is 0 Å². The molecule has 6 heteroatoms. The normalized spacial score (nSPS) is 14.1. The summed E-state index contributed by atoms with van der Waals surface area (Å²) < 4.78 is 5.36. The number of aromatic nitrogens is 1. The number of ether oxygens (including phenoxy) is 1. The first-order valence-corrected chi connectivity index (χ1v) is 9.10. The van der Waals surface area contributed by atoms with Gasteiger partial charge in [0, 0.05) is 31.2 Å². The van der Waals surface area contributed by atoms with Crippen LogP contribution >= 0.6 is 0 Å². The van der Waals surface area contributed by atoms with E-state index < -0.39 is 0 Å². The molecule has 0 aliphatic carbocycles. The number of morpholine rings is 1. The van der Waals surface area contributed by atoms with Crippen LogP contribution in [-0.4, -0.2) is 37.3 Å². The van der Waals surface area contributed by atoms with Crippen molar-refractivity contribution < 1.29 is 9.53 Å². The lowest BCUT2D eigenvalue weighted by atomic mass is 10.1. The van der Waals surface area contributed by atoms with Crippen molar-refractivity contribution in [1.29, 1.82) is 0 Å². The number of hydrogen-bond donors (Lipinski definition) is 2. The van der Waals surface area contributed by atoms with Gasteiger partial charge in [-0.2, -0.15) is 0 Å². The summed E-state index contributed by atoms with van der Waals surface area (Å²) in [7, 11) is 0.